The summed E-state index contributed by atoms with van der Waals surface area (Å²) >= 11 is 11.8. The molecule has 2 rings (SSSR count). The average Bonchev–Trinajstić information content (AvgIpc) is 2.33. The van der Waals surface area contributed by atoms with E-state index >= 15 is 0 Å². The van der Waals surface area contributed by atoms with Gasteiger partial charge in [-0.1, -0.05) is 35.3 Å². The number of carbonyl (C=O) groups is 1. The molecule has 0 heterocycles. The van der Waals surface area contributed by atoms with Crippen LogP contribution in [-0.2, 0) is 0 Å². The largest absolute Gasteiger partial charge is 0.322 e. The molecule has 0 spiro atoms. The van der Waals surface area contributed by atoms with Gasteiger partial charge in [0, 0.05) is 10.7 Å². The molecule has 0 aliphatic rings. The first-order valence-corrected chi connectivity index (χ1v) is 6.56. The summed E-state index contributed by atoms with van der Waals surface area (Å²) in [5.41, 5.74) is 3.29. The second-order valence-corrected chi connectivity index (χ2v) is 5.24. The fraction of sp³-hybridized carbons (Fsp3) is 0.133. The highest BCUT2D eigenvalue weighted by molar-refractivity contribution is 6.37. The van der Waals surface area contributed by atoms with E-state index in [1.807, 2.05) is 32.0 Å². The molecule has 0 saturated heterocycles. The van der Waals surface area contributed by atoms with Crippen LogP contribution in [0, 0.1) is 13.8 Å². The molecule has 2 nitrogen and oxygen atoms in total. The molecular formula is C15H13Cl2NO. The van der Waals surface area contributed by atoms with E-state index in [4.69, 9.17) is 23.2 Å². The molecule has 4 heteroatoms. The third-order valence-corrected chi connectivity index (χ3v) is 3.36. The van der Waals surface area contributed by atoms with Crippen molar-refractivity contribution in [2.45, 2.75) is 13.8 Å². The number of hydrogen-bond acceptors (Lipinski definition) is 1. The molecular weight excluding hydrogens is 281 g/mol. The van der Waals surface area contributed by atoms with Gasteiger partial charge in [0.15, 0.2) is 0 Å². The highest BCUT2D eigenvalue weighted by atomic mass is 35.5. The molecule has 0 aliphatic carbocycles. The lowest BCUT2D eigenvalue weighted by Crippen LogP contribution is -2.13. The maximum atomic E-state index is 12.2. The standard InChI is InChI=1S/C15H13Cl2NO/c1-9-3-4-10(2)14(7-9)18-15(19)12-6-5-11(16)8-13(12)17/h3-8H,1-2H3,(H,18,19). The molecule has 0 unspecified atom stereocenters. The normalized spacial score (nSPS) is 10.3. The minimum absolute atomic E-state index is 0.240. The molecule has 0 saturated carbocycles. The van der Waals surface area contributed by atoms with Crippen LogP contribution in [-0.4, -0.2) is 5.91 Å². The second-order valence-electron chi connectivity index (χ2n) is 4.40. The summed E-state index contributed by atoms with van der Waals surface area (Å²) in [6, 6.07) is 10.7. The van der Waals surface area contributed by atoms with E-state index in [-0.39, 0.29) is 5.91 Å². The third kappa shape index (κ3) is 3.28. The molecule has 1 amide bonds. The predicted octanol–water partition coefficient (Wildman–Crippen LogP) is 4.86. The number of halogens is 2. The Labute approximate surface area is 122 Å². The Morgan fingerprint density at radius 1 is 1.05 bits per heavy atom. The van der Waals surface area contributed by atoms with Gasteiger partial charge in [0.25, 0.3) is 5.91 Å². The smallest absolute Gasteiger partial charge is 0.257 e. The Hall–Kier alpha value is -1.51. The lowest BCUT2D eigenvalue weighted by Gasteiger charge is -2.10. The number of amides is 1. The molecule has 19 heavy (non-hydrogen) atoms. The fourth-order valence-electron chi connectivity index (χ4n) is 1.73. The Morgan fingerprint density at radius 2 is 1.79 bits per heavy atom. The monoisotopic (exact) mass is 293 g/mol. The van der Waals surface area contributed by atoms with Crippen molar-refractivity contribution >= 4 is 34.8 Å². The van der Waals surface area contributed by atoms with Crippen molar-refractivity contribution in [1.29, 1.82) is 0 Å². The van der Waals surface area contributed by atoms with Crippen molar-refractivity contribution in [2.24, 2.45) is 0 Å². The number of hydrogen-bond donors (Lipinski definition) is 1. The summed E-state index contributed by atoms with van der Waals surface area (Å²) < 4.78 is 0. The van der Waals surface area contributed by atoms with Gasteiger partial charge in [-0.05, 0) is 49.2 Å². The quantitative estimate of drug-likeness (QED) is 0.841. The topological polar surface area (TPSA) is 29.1 Å². The van der Waals surface area contributed by atoms with Crippen LogP contribution in [0.3, 0.4) is 0 Å². The molecule has 1 N–H and O–H groups in total. The van der Waals surface area contributed by atoms with Crippen molar-refractivity contribution in [3.05, 3.63) is 63.1 Å². The molecule has 0 bridgehead atoms. The van der Waals surface area contributed by atoms with Crippen LogP contribution in [0.5, 0.6) is 0 Å². The SMILES string of the molecule is Cc1ccc(C)c(NC(=O)c2ccc(Cl)cc2Cl)c1. The van der Waals surface area contributed by atoms with Gasteiger partial charge in [-0.15, -0.1) is 0 Å². The van der Waals surface area contributed by atoms with Gasteiger partial charge in [0.05, 0.1) is 10.6 Å². The van der Waals surface area contributed by atoms with Gasteiger partial charge in [-0.25, -0.2) is 0 Å². The number of carbonyl (C=O) groups excluding carboxylic acids is 1. The van der Waals surface area contributed by atoms with Crippen molar-refractivity contribution in [1.82, 2.24) is 0 Å². The Balaban J connectivity index is 2.28. The van der Waals surface area contributed by atoms with Gasteiger partial charge < -0.3 is 5.32 Å². The number of rotatable bonds is 2. The van der Waals surface area contributed by atoms with Gasteiger partial charge >= 0.3 is 0 Å². The van der Waals surface area contributed by atoms with Crippen molar-refractivity contribution in [3.63, 3.8) is 0 Å². The molecule has 0 fully saturated rings. The van der Waals surface area contributed by atoms with Crippen LogP contribution in [0.15, 0.2) is 36.4 Å². The Morgan fingerprint density at radius 3 is 2.47 bits per heavy atom. The minimum atomic E-state index is -0.240. The number of benzene rings is 2. The Bertz CT molecular complexity index is 638. The van der Waals surface area contributed by atoms with E-state index in [1.165, 1.54) is 0 Å². The van der Waals surface area contributed by atoms with Gasteiger partial charge in [0.2, 0.25) is 0 Å². The maximum Gasteiger partial charge on any atom is 0.257 e. The summed E-state index contributed by atoms with van der Waals surface area (Å²) in [4.78, 5) is 12.2. The number of aryl methyl sites for hydroxylation is 2. The van der Waals surface area contributed by atoms with Gasteiger partial charge in [-0.3, -0.25) is 4.79 Å². The molecule has 98 valence electrons. The zero-order valence-corrected chi connectivity index (χ0v) is 12.1. The molecule has 2 aromatic rings. The summed E-state index contributed by atoms with van der Waals surface area (Å²) in [6.45, 7) is 3.92. The number of nitrogens with one attached hydrogen (secondary N) is 1. The van der Waals surface area contributed by atoms with Crippen molar-refractivity contribution in [3.8, 4) is 0 Å². The Kier molecular flexibility index (Phi) is 4.13. The first kappa shape index (κ1) is 13.9. The zero-order valence-electron chi connectivity index (χ0n) is 10.6. The summed E-state index contributed by atoms with van der Waals surface area (Å²) in [5.74, 6) is -0.240. The average molecular weight is 294 g/mol. The molecule has 2 aromatic carbocycles. The van der Waals surface area contributed by atoms with E-state index in [9.17, 15) is 4.79 Å². The van der Waals surface area contributed by atoms with Crippen LogP contribution >= 0.6 is 23.2 Å². The molecule has 0 aromatic heterocycles. The second kappa shape index (κ2) is 5.64. The lowest BCUT2D eigenvalue weighted by atomic mass is 10.1. The first-order chi connectivity index (χ1) is 8.97. The molecule has 0 atom stereocenters. The maximum absolute atomic E-state index is 12.2. The van der Waals surface area contributed by atoms with E-state index in [0.717, 1.165) is 16.8 Å². The van der Waals surface area contributed by atoms with E-state index in [2.05, 4.69) is 5.32 Å². The summed E-state index contributed by atoms with van der Waals surface area (Å²) in [7, 11) is 0. The molecule has 0 radical (unpaired) electrons. The van der Waals surface area contributed by atoms with E-state index in [1.54, 1.807) is 18.2 Å². The van der Waals surface area contributed by atoms with Crippen LogP contribution < -0.4 is 5.32 Å². The van der Waals surface area contributed by atoms with Crippen LogP contribution in [0.1, 0.15) is 21.5 Å². The van der Waals surface area contributed by atoms with Crippen LogP contribution in [0.2, 0.25) is 10.0 Å². The van der Waals surface area contributed by atoms with Gasteiger partial charge in [-0.2, -0.15) is 0 Å². The summed E-state index contributed by atoms with van der Waals surface area (Å²) in [5, 5.41) is 3.71. The van der Waals surface area contributed by atoms with Crippen molar-refractivity contribution in [2.75, 3.05) is 5.32 Å². The highest BCUT2D eigenvalue weighted by Gasteiger charge is 2.12. The zero-order chi connectivity index (χ0) is 14.0. The third-order valence-electron chi connectivity index (χ3n) is 2.82. The van der Waals surface area contributed by atoms with Crippen LogP contribution in [0.25, 0.3) is 0 Å². The molecule has 0 aliphatic heterocycles. The predicted molar refractivity (Wildman–Crippen MR) is 80.3 cm³/mol. The van der Waals surface area contributed by atoms with Crippen LogP contribution in [0.4, 0.5) is 5.69 Å². The fourth-order valence-corrected chi connectivity index (χ4v) is 2.23. The van der Waals surface area contributed by atoms with Gasteiger partial charge in [0.1, 0.15) is 0 Å². The van der Waals surface area contributed by atoms with Crippen molar-refractivity contribution < 1.29 is 4.79 Å². The number of anilines is 1. The summed E-state index contributed by atoms with van der Waals surface area (Å²) in [6.07, 6.45) is 0. The highest BCUT2D eigenvalue weighted by Crippen LogP contribution is 2.23. The van der Waals surface area contributed by atoms with E-state index < -0.39 is 0 Å². The lowest BCUT2D eigenvalue weighted by molar-refractivity contribution is 0.102. The first-order valence-electron chi connectivity index (χ1n) is 5.81. The minimum Gasteiger partial charge on any atom is -0.322 e. The van der Waals surface area contributed by atoms with E-state index in [0.29, 0.717) is 15.6 Å².